The monoisotopic (exact) mass is 379 g/mol. The van der Waals surface area contributed by atoms with Crippen LogP contribution in [0.25, 0.3) is 0 Å². The van der Waals surface area contributed by atoms with Crippen LogP contribution in [0.4, 0.5) is 5.69 Å². The highest BCUT2D eigenvalue weighted by molar-refractivity contribution is 8.19. The molecule has 26 heavy (non-hydrogen) atoms. The number of nitrogens with zero attached hydrogens (tertiary/aromatic N) is 3. The lowest BCUT2D eigenvalue weighted by atomic mass is 10.2. The van der Waals surface area contributed by atoms with E-state index in [0.717, 1.165) is 34.2 Å². The van der Waals surface area contributed by atoms with Gasteiger partial charge in [0.05, 0.1) is 24.7 Å². The first kappa shape index (κ1) is 17.0. The van der Waals surface area contributed by atoms with Crippen LogP contribution in [-0.2, 0) is 11.8 Å². The van der Waals surface area contributed by atoms with Gasteiger partial charge < -0.3 is 4.74 Å². The first-order valence-electron chi connectivity index (χ1n) is 8.28. The molecule has 2 heterocycles. The third-order valence-corrected chi connectivity index (χ3v) is 8.59. The third-order valence-electron chi connectivity index (χ3n) is 4.34. The van der Waals surface area contributed by atoms with E-state index in [1.807, 2.05) is 53.4 Å². The van der Waals surface area contributed by atoms with Crippen LogP contribution in [0.15, 0.2) is 84.2 Å². The molecule has 1 aromatic heterocycles. The largest absolute Gasteiger partial charge is 0.497 e. The van der Waals surface area contributed by atoms with Gasteiger partial charge in [0.25, 0.3) is 0 Å². The molecule has 1 aliphatic heterocycles. The molecular formula is C20H18N3OPS. The number of para-hydroxylation sites is 1. The summed E-state index contributed by atoms with van der Waals surface area (Å²) in [6.45, 7) is 0. The van der Waals surface area contributed by atoms with Crippen molar-refractivity contribution in [2.24, 2.45) is 5.10 Å². The van der Waals surface area contributed by atoms with E-state index in [-0.39, 0.29) is 0 Å². The number of hydrogen-bond acceptors (Lipinski definition) is 4. The number of aromatic nitrogens is 1. The molecule has 0 saturated heterocycles. The molecule has 0 radical (unpaired) electrons. The summed E-state index contributed by atoms with van der Waals surface area (Å²) in [7, 11) is 1.67. The van der Waals surface area contributed by atoms with Gasteiger partial charge >= 0.3 is 0 Å². The molecule has 0 bridgehead atoms. The normalized spacial score (nSPS) is 19.3. The van der Waals surface area contributed by atoms with Gasteiger partial charge in [0.2, 0.25) is 0 Å². The zero-order chi connectivity index (χ0) is 18.0. The zero-order valence-corrected chi connectivity index (χ0v) is 16.0. The molecule has 4 nitrogen and oxygen atoms in total. The Morgan fingerprint density at radius 3 is 2.42 bits per heavy atom. The van der Waals surface area contributed by atoms with Gasteiger partial charge in [-0.05, 0) is 48.5 Å². The molecule has 130 valence electrons. The summed E-state index contributed by atoms with van der Waals surface area (Å²) in [5.41, 5.74) is 3.03. The molecular weight excluding hydrogens is 361 g/mol. The second-order valence-electron chi connectivity index (χ2n) is 5.97. The lowest BCUT2D eigenvalue weighted by Gasteiger charge is -2.28. The van der Waals surface area contributed by atoms with E-state index in [1.54, 1.807) is 13.3 Å². The van der Waals surface area contributed by atoms with E-state index in [1.165, 1.54) is 0 Å². The topological polar surface area (TPSA) is 37.7 Å². The van der Waals surface area contributed by atoms with E-state index in [0.29, 0.717) is 0 Å². The number of pyridine rings is 1. The smallest absolute Gasteiger partial charge is 0.118 e. The molecule has 3 aromatic rings. The molecule has 1 aliphatic rings. The van der Waals surface area contributed by atoms with Crippen LogP contribution in [0.1, 0.15) is 5.56 Å². The van der Waals surface area contributed by atoms with Crippen molar-refractivity contribution in [3.8, 4) is 5.75 Å². The second kappa shape index (κ2) is 7.02. The zero-order valence-electron chi connectivity index (χ0n) is 14.3. The fourth-order valence-electron chi connectivity index (χ4n) is 2.99. The van der Waals surface area contributed by atoms with Crippen LogP contribution in [-0.4, -0.2) is 24.0 Å². The SMILES string of the molecule is COc1ccc(P2(=S)CC(c3cccnc3)=NN2c2ccccc2)cc1. The minimum Gasteiger partial charge on any atom is -0.497 e. The van der Waals surface area contributed by atoms with Crippen LogP contribution in [0.2, 0.25) is 0 Å². The Kier molecular flexibility index (Phi) is 4.58. The van der Waals surface area contributed by atoms with Crippen molar-refractivity contribution in [1.29, 1.82) is 0 Å². The van der Waals surface area contributed by atoms with E-state index in [2.05, 4.69) is 29.2 Å². The van der Waals surface area contributed by atoms with Crippen molar-refractivity contribution in [3.05, 3.63) is 84.7 Å². The number of rotatable bonds is 4. The fraction of sp³-hybridized carbons (Fsp3) is 0.100. The number of benzene rings is 2. The Morgan fingerprint density at radius 2 is 1.77 bits per heavy atom. The summed E-state index contributed by atoms with van der Waals surface area (Å²) in [5, 5.41) is 6.05. The predicted molar refractivity (Wildman–Crippen MR) is 111 cm³/mol. The average Bonchev–Trinajstić information content (AvgIpc) is 3.08. The molecule has 0 N–H and O–H groups in total. The number of methoxy groups -OCH3 is 1. The first-order valence-corrected chi connectivity index (χ1v) is 11.2. The first-order chi connectivity index (χ1) is 12.7. The van der Waals surface area contributed by atoms with Gasteiger partial charge in [-0.3, -0.25) is 4.98 Å². The van der Waals surface area contributed by atoms with Gasteiger partial charge in [0.1, 0.15) is 5.75 Å². The van der Waals surface area contributed by atoms with Crippen LogP contribution in [0.5, 0.6) is 5.75 Å². The standard InChI is InChI=1S/C20H18N3OPS/c1-24-18-9-11-19(12-10-18)25(26)15-20(16-6-5-13-21-14-16)22-23(25)17-7-3-2-4-8-17/h2-14H,15H2,1H3. The fourth-order valence-corrected chi connectivity index (χ4v) is 6.68. The Balaban J connectivity index is 1.81. The van der Waals surface area contributed by atoms with Gasteiger partial charge in [-0.15, -0.1) is 0 Å². The minimum atomic E-state index is -2.13. The van der Waals surface area contributed by atoms with Crippen molar-refractivity contribution < 1.29 is 4.74 Å². The molecule has 0 aliphatic carbocycles. The van der Waals surface area contributed by atoms with Gasteiger partial charge in [-0.2, -0.15) is 5.10 Å². The van der Waals surface area contributed by atoms with Gasteiger partial charge in [-0.25, -0.2) is 4.78 Å². The average molecular weight is 379 g/mol. The van der Waals surface area contributed by atoms with Crippen LogP contribution < -0.4 is 14.8 Å². The molecule has 6 heteroatoms. The molecule has 0 amide bonds. The maximum atomic E-state index is 6.25. The number of ether oxygens (including phenoxy) is 1. The maximum Gasteiger partial charge on any atom is 0.118 e. The molecule has 0 spiro atoms. The Bertz CT molecular complexity index is 975. The third kappa shape index (κ3) is 3.05. The lowest BCUT2D eigenvalue weighted by molar-refractivity contribution is 0.415. The Morgan fingerprint density at radius 1 is 1.00 bits per heavy atom. The van der Waals surface area contributed by atoms with Crippen LogP contribution in [0.3, 0.4) is 0 Å². The second-order valence-corrected chi connectivity index (χ2v) is 10.4. The summed E-state index contributed by atoms with van der Waals surface area (Å²) < 4.78 is 7.34. The Labute approximate surface area is 158 Å². The van der Waals surface area contributed by atoms with E-state index < -0.39 is 6.19 Å². The predicted octanol–water partition coefficient (Wildman–Crippen LogP) is 4.03. The number of hydrogen-bond donors (Lipinski definition) is 0. The summed E-state index contributed by atoms with van der Waals surface area (Å²) in [5.74, 6) is 0.828. The van der Waals surface area contributed by atoms with Crippen molar-refractivity contribution >= 4 is 34.7 Å². The van der Waals surface area contributed by atoms with E-state index in [9.17, 15) is 0 Å². The van der Waals surface area contributed by atoms with Crippen molar-refractivity contribution in [2.75, 3.05) is 18.1 Å². The van der Waals surface area contributed by atoms with Gasteiger partial charge in [0, 0.05) is 29.4 Å². The highest BCUT2D eigenvalue weighted by Crippen LogP contribution is 2.55. The molecule has 1 atom stereocenters. The van der Waals surface area contributed by atoms with Crippen LogP contribution in [0, 0.1) is 0 Å². The summed E-state index contributed by atoms with van der Waals surface area (Å²) >= 11 is 6.25. The van der Waals surface area contributed by atoms with Crippen molar-refractivity contribution in [3.63, 3.8) is 0 Å². The maximum absolute atomic E-state index is 6.25. The highest BCUT2D eigenvalue weighted by Gasteiger charge is 2.36. The Hall–Kier alpha value is -2.49. The molecule has 0 saturated carbocycles. The van der Waals surface area contributed by atoms with Gasteiger partial charge in [0.15, 0.2) is 0 Å². The van der Waals surface area contributed by atoms with Crippen LogP contribution >= 0.6 is 6.19 Å². The molecule has 1 unspecified atom stereocenters. The minimum absolute atomic E-state index is 0.731. The quantitative estimate of drug-likeness (QED) is 0.642. The summed E-state index contributed by atoms with van der Waals surface area (Å²) in [6.07, 6.45) is 2.22. The number of anilines is 1. The van der Waals surface area contributed by atoms with Crippen molar-refractivity contribution in [1.82, 2.24) is 4.98 Å². The van der Waals surface area contributed by atoms with E-state index >= 15 is 0 Å². The number of hydrazone groups is 1. The summed E-state index contributed by atoms with van der Waals surface area (Å²) in [4.78, 5) is 4.23. The molecule has 4 rings (SSSR count). The highest BCUT2D eigenvalue weighted by atomic mass is 32.4. The van der Waals surface area contributed by atoms with E-state index in [4.69, 9.17) is 21.6 Å². The summed E-state index contributed by atoms with van der Waals surface area (Å²) in [6, 6.07) is 22.2. The molecule has 0 fully saturated rings. The molecule has 2 aromatic carbocycles. The van der Waals surface area contributed by atoms with Gasteiger partial charge in [-0.1, -0.05) is 30.0 Å². The lowest BCUT2D eigenvalue weighted by Crippen LogP contribution is -2.19. The van der Waals surface area contributed by atoms with Crippen molar-refractivity contribution in [2.45, 2.75) is 0 Å².